The second-order valence-electron chi connectivity index (χ2n) is 9.02. The van der Waals surface area contributed by atoms with Crippen LogP contribution in [0.2, 0.25) is 0 Å². The summed E-state index contributed by atoms with van der Waals surface area (Å²) in [5.74, 6) is -0.450. The van der Waals surface area contributed by atoms with E-state index in [9.17, 15) is 19.2 Å². The van der Waals surface area contributed by atoms with Crippen molar-refractivity contribution in [3.8, 4) is 0 Å². The summed E-state index contributed by atoms with van der Waals surface area (Å²) in [5, 5.41) is 5.23. The van der Waals surface area contributed by atoms with Crippen molar-refractivity contribution in [2.75, 3.05) is 33.3 Å². The Morgan fingerprint density at radius 2 is 1.16 bits per heavy atom. The molecule has 31 heavy (non-hydrogen) atoms. The number of unbranched alkanes of at least 4 members (excludes halogenated alkanes) is 1. The zero-order valence-corrected chi connectivity index (χ0v) is 20.0. The molecule has 0 unspecified atom stereocenters. The molecule has 0 aliphatic heterocycles. The lowest BCUT2D eigenvalue weighted by molar-refractivity contribution is -0.141. The van der Waals surface area contributed by atoms with E-state index in [4.69, 9.17) is 9.47 Å². The fourth-order valence-electron chi connectivity index (χ4n) is 2.38. The number of esters is 1. The number of hydrogen-bond acceptors (Lipinski definition) is 7. The molecule has 0 atom stereocenters. The van der Waals surface area contributed by atoms with Gasteiger partial charge in [0, 0.05) is 39.0 Å². The summed E-state index contributed by atoms with van der Waals surface area (Å²) in [6.07, 6.45) is 0.442. The Hall–Kier alpha value is -2.52. The summed E-state index contributed by atoms with van der Waals surface area (Å²) in [7, 11) is 1.32. The van der Waals surface area contributed by atoms with Crippen LogP contribution in [0.4, 0.5) is 9.59 Å². The Labute approximate surface area is 185 Å². The average Bonchev–Trinajstić information content (AvgIpc) is 2.60. The van der Waals surface area contributed by atoms with Gasteiger partial charge >= 0.3 is 18.2 Å². The van der Waals surface area contributed by atoms with E-state index in [0.29, 0.717) is 12.8 Å². The van der Waals surface area contributed by atoms with E-state index in [-0.39, 0.29) is 50.9 Å². The fraction of sp³-hybridized carbons (Fsp3) is 0.810. The molecule has 10 heteroatoms. The van der Waals surface area contributed by atoms with Gasteiger partial charge in [0.25, 0.3) is 0 Å². The van der Waals surface area contributed by atoms with E-state index >= 15 is 0 Å². The van der Waals surface area contributed by atoms with Gasteiger partial charge < -0.3 is 29.7 Å². The Bertz CT molecular complexity index is 561. The van der Waals surface area contributed by atoms with E-state index in [1.54, 1.807) is 46.4 Å². The highest BCUT2D eigenvalue weighted by molar-refractivity contribution is 5.76. The minimum absolute atomic E-state index is 0.137. The summed E-state index contributed by atoms with van der Waals surface area (Å²) < 4.78 is 14.9. The van der Waals surface area contributed by atoms with Crippen LogP contribution in [0, 0.1) is 0 Å². The van der Waals surface area contributed by atoms with Crippen molar-refractivity contribution in [2.24, 2.45) is 0 Å². The lowest BCUT2D eigenvalue weighted by atomic mass is 10.2. The van der Waals surface area contributed by atoms with Crippen LogP contribution >= 0.6 is 0 Å². The third kappa shape index (κ3) is 16.9. The molecule has 0 bridgehead atoms. The molecule has 180 valence electrons. The van der Waals surface area contributed by atoms with E-state index in [0.717, 1.165) is 0 Å². The number of ether oxygens (including phenoxy) is 3. The first-order valence-electron chi connectivity index (χ1n) is 10.5. The Kier molecular flexibility index (Phi) is 12.6. The van der Waals surface area contributed by atoms with Gasteiger partial charge in [-0.25, -0.2) is 9.59 Å². The Balaban J connectivity index is 4.62. The summed E-state index contributed by atoms with van der Waals surface area (Å²) >= 11 is 0. The zero-order valence-electron chi connectivity index (χ0n) is 20.0. The van der Waals surface area contributed by atoms with Crippen LogP contribution in [0.5, 0.6) is 0 Å². The standard InChI is InChI=1S/C21H39N3O7/c1-20(2,3)30-18(27)22-12-14-24(15-13-23-19(28)31-21(4,5)6)16(25)10-8-9-11-17(26)29-7/h8-15H2,1-7H3,(H,22,27)(H,23,28). The van der Waals surface area contributed by atoms with Crippen molar-refractivity contribution >= 4 is 24.1 Å². The normalized spacial score (nSPS) is 11.3. The SMILES string of the molecule is COC(=O)CCCCC(=O)N(CCNC(=O)OC(C)(C)C)CCNC(=O)OC(C)(C)C. The number of methoxy groups -OCH3 is 1. The van der Waals surface area contributed by atoms with Gasteiger partial charge in [-0.2, -0.15) is 0 Å². The van der Waals surface area contributed by atoms with Crippen LogP contribution in [0.15, 0.2) is 0 Å². The molecule has 0 saturated heterocycles. The smallest absolute Gasteiger partial charge is 0.407 e. The second kappa shape index (κ2) is 13.7. The molecule has 0 aromatic heterocycles. The molecule has 2 N–H and O–H groups in total. The first-order valence-corrected chi connectivity index (χ1v) is 10.5. The second-order valence-corrected chi connectivity index (χ2v) is 9.02. The lowest BCUT2D eigenvalue weighted by Gasteiger charge is -2.25. The minimum Gasteiger partial charge on any atom is -0.469 e. The maximum Gasteiger partial charge on any atom is 0.407 e. The number of nitrogens with one attached hydrogen (secondary N) is 2. The number of nitrogens with zero attached hydrogens (tertiary/aromatic N) is 1. The van der Waals surface area contributed by atoms with Crippen molar-refractivity contribution in [1.82, 2.24) is 15.5 Å². The van der Waals surface area contributed by atoms with Crippen molar-refractivity contribution < 1.29 is 33.4 Å². The van der Waals surface area contributed by atoms with Gasteiger partial charge in [-0.1, -0.05) is 0 Å². The van der Waals surface area contributed by atoms with Crippen LogP contribution in [-0.4, -0.2) is 73.5 Å². The van der Waals surface area contributed by atoms with E-state index in [2.05, 4.69) is 15.4 Å². The van der Waals surface area contributed by atoms with Gasteiger partial charge in [-0.15, -0.1) is 0 Å². The van der Waals surface area contributed by atoms with Crippen molar-refractivity contribution in [3.05, 3.63) is 0 Å². The Morgan fingerprint density at radius 1 is 0.742 bits per heavy atom. The number of carbonyl (C=O) groups is 4. The molecule has 0 saturated carbocycles. The highest BCUT2D eigenvalue weighted by Gasteiger charge is 2.19. The quantitative estimate of drug-likeness (QED) is 0.285. The summed E-state index contributed by atoms with van der Waals surface area (Å²) in [6, 6.07) is 0. The first kappa shape index (κ1) is 28.5. The number of rotatable bonds is 11. The van der Waals surface area contributed by atoms with E-state index in [1.165, 1.54) is 7.11 Å². The first-order chi connectivity index (χ1) is 14.2. The van der Waals surface area contributed by atoms with Crippen LogP contribution < -0.4 is 10.6 Å². The highest BCUT2D eigenvalue weighted by Crippen LogP contribution is 2.08. The third-order valence-electron chi connectivity index (χ3n) is 3.70. The molecular formula is C21H39N3O7. The average molecular weight is 446 g/mol. The van der Waals surface area contributed by atoms with Crippen LogP contribution in [0.25, 0.3) is 0 Å². The van der Waals surface area contributed by atoms with E-state index in [1.807, 2.05) is 0 Å². The maximum atomic E-state index is 12.6. The van der Waals surface area contributed by atoms with Gasteiger partial charge in [0.15, 0.2) is 0 Å². The predicted octanol–water partition coefficient (Wildman–Crippen LogP) is 2.60. The molecule has 0 aromatic carbocycles. The minimum atomic E-state index is -0.615. The molecular weight excluding hydrogens is 406 g/mol. The largest absolute Gasteiger partial charge is 0.469 e. The molecule has 0 aromatic rings. The van der Waals surface area contributed by atoms with Gasteiger partial charge in [0.05, 0.1) is 7.11 Å². The zero-order chi connectivity index (χ0) is 24.1. The summed E-state index contributed by atoms with van der Waals surface area (Å²) in [4.78, 5) is 48.9. The predicted molar refractivity (Wildman–Crippen MR) is 116 cm³/mol. The van der Waals surface area contributed by atoms with Gasteiger partial charge in [-0.3, -0.25) is 9.59 Å². The van der Waals surface area contributed by atoms with Crippen LogP contribution in [0.1, 0.15) is 67.2 Å². The number of alkyl carbamates (subject to hydrolysis) is 2. The number of hydrogen-bond donors (Lipinski definition) is 2. The van der Waals surface area contributed by atoms with Crippen LogP contribution in [-0.2, 0) is 23.8 Å². The molecule has 0 rings (SSSR count). The molecule has 0 aliphatic carbocycles. The van der Waals surface area contributed by atoms with Gasteiger partial charge in [0.2, 0.25) is 5.91 Å². The number of amides is 3. The molecule has 0 spiro atoms. The van der Waals surface area contributed by atoms with Crippen molar-refractivity contribution in [1.29, 1.82) is 0 Å². The maximum absolute atomic E-state index is 12.6. The third-order valence-corrected chi connectivity index (χ3v) is 3.70. The van der Waals surface area contributed by atoms with Gasteiger partial charge in [0.1, 0.15) is 11.2 Å². The molecule has 0 aliphatic rings. The summed E-state index contributed by atoms with van der Waals surface area (Å²) in [6.45, 7) is 11.5. The van der Waals surface area contributed by atoms with E-state index < -0.39 is 23.4 Å². The molecule has 3 amide bonds. The molecule has 10 nitrogen and oxygen atoms in total. The number of carbonyl (C=O) groups excluding carboxylic acids is 4. The van der Waals surface area contributed by atoms with Gasteiger partial charge in [-0.05, 0) is 54.4 Å². The van der Waals surface area contributed by atoms with Crippen molar-refractivity contribution in [2.45, 2.75) is 78.4 Å². The Morgan fingerprint density at radius 3 is 1.55 bits per heavy atom. The van der Waals surface area contributed by atoms with Crippen molar-refractivity contribution in [3.63, 3.8) is 0 Å². The topological polar surface area (TPSA) is 123 Å². The summed E-state index contributed by atoms with van der Waals surface area (Å²) in [5.41, 5.74) is -1.23. The lowest BCUT2D eigenvalue weighted by Crippen LogP contribution is -2.44. The monoisotopic (exact) mass is 445 g/mol. The molecule has 0 radical (unpaired) electrons. The fourth-order valence-corrected chi connectivity index (χ4v) is 2.38. The molecule has 0 fully saturated rings. The van der Waals surface area contributed by atoms with Crippen LogP contribution in [0.3, 0.4) is 0 Å². The highest BCUT2D eigenvalue weighted by atomic mass is 16.6. The molecule has 0 heterocycles.